The quantitative estimate of drug-likeness (QED) is 0.862. The van der Waals surface area contributed by atoms with E-state index < -0.39 is 0 Å². The third kappa shape index (κ3) is 3.25. The zero-order chi connectivity index (χ0) is 13.8. The van der Waals surface area contributed by atoms with Crippen molar-refractivity contribution in [2.75, 3.05) is 11.9 Å². The predicted molar refractivity (Wildman–Crippen MR) is 74.8 cm³/mol. The van der Waals surface area contributed by atoms with Gasteiger partial charge >= 0.3 is 6.03 Å². The van der Waals surface area contributed by atoms with Gasteiger partial charge in [-0.3, -0.25) is 0 Å². The number of likely N-dealkylation sites (tertiary alicyclic amines) is 1. The Morgan fingerprint density at radius 2 is 2.26 bits per heavy atom. The lowest BCUT2D eigenvalue weighted by Gasteiger charge is -2.35. The highest BCUT2D eigenvalue weighted by molar-refractivity contribution is 5.90. The molecule has 19 heavy (non-hydrogen) atoms. The fraction of sp³-hybridized carbons (Fsp3) is 0.533. The summed E-state index contributed by atoms with van der Waals surface area (Å²) in [6.45, 7) is 4.72. The number of amides is 2. The Morgan fingerprint density at radius 3 is 2.95 bits per heavy atom. The molecule has 0 radical (unpaired) electrons. The number of rotatable bonds is 2. The molecular weight excluding hydrogens is 243 g/mol. The molecule has 2 rings (SSSR count). The summed E-state index contributed by atoms with van der Waals surface area (Å²) in [5.41, 5.74) is 1.44. The average molecular weight is 264 g/mol. The molecular formula is C15H21FN2O. The first-order valence-electron chi connectivity index (χ1n) is 6.95. The molecule has 1 aromatic carbocycles. The summed E-state index contributed by atoms with van der Waals surface area (Å²) in [6, 6.07) is 4.68. The third-order valence-corrected chi connectivity index (χ3v) is 3.79. The lowest BCUT2D eigenvalue weighted by molar-refractivity contribution is 0.160. The van der Waals surface area contributed by atoms with Gasteiger partial charge in [0, 0.05) is 18.3 Å². The normalized spacial score (nSPS) is 19.3. The SMILES string of the molecule is CC[C@H]1CCCCN1C(=O)Nc1ccc(F)cc1C. The Labute approximate surface area is 113 Å². The Hall–Kier alpha value is -1.58. The van der Waals surface area contributed by atoms with E-state index in [4.69, 9.17) is 0 Å². The number of nitrogens with zero attached hydrogens (tertiary/aromatic N) is 1. The highest BCUT2D eigenvalue weighted by Crippen LogP contribution is 2.22. The van der Waals surface area contributed by atoms with E-state index in [2.05, 4.69) is 12.2 Å². The second-order valence-electron chi connectivity index (χ2n) is 5.14. The van der Waals surface area contributed by atoms with Crippen LogP contribution in [0, 0.1) is 12.7 Å². The Bertz CT molecular complexity index is 461. The molecule has 0 unspecified atom stereocenters. The minimum absolute atomic E-state index is 0.0683. The topological polar surface area (TPSA) is 32.3 Å². The van der Waals surface area contributed by atoms with Gasteiger partial charge in [0.05, 0.1) is 0 Å². The van der Waals surface area contributed by atoms with Crippen LogP contribution in [0.5, 0.6) is 0 Å². The fourth-order valence-electron chi connectivity index (χ4n) is 2.65. The van der Waals surface area contributed by atoms with Gasteiger partial charge in [-0.2, -0.15) is 0 Å². The van der Waals surface area contributed by atoms with Gasteiger partial charge in [-0.25, -0.2) is 9.18 Å². The van der Waals surface area contributed by atoms with Crippen LogP contribution >= 0.6 is 0 Å². The summed E-state index contributed by atoms with van der Waals surface area (Å²) in [4.78, 5) is 14.2. The summed E-state index contributed by atoms with van der Waals surface area (Å²) < 4.78 is 13.0. The Morgan fingerprint density at radius 1 is 1.47 bits per heavy atom. The summed E-state index contributed by atoms with van der Waals surface area (Å²) in [5.74, 6) is -0.278. The molecule has 1 fully saturated rings. The van der Waals surface area contributed by atoms with Crippen molar-refractivity contribution in [1.82, 2.24) is 4.90 Å². The number of nitrogens with one attached hydrogen (secondary N) is 1. The summed E-state index contributed by atoms with van der Waals surface area (Å²) in [7, 11) is 0. The second kappa shape index (κ2) is 6.04. The number of anilines is 1. The molecule has 1 aromatic rings. The van der Waals surface area contributed by atoms with Crippen LogP contribution in [-0.4, -0.2) is 23.5 Å². The Kier molecular flexibility index (Phi) is 4.40. The smallest absolute Gasteiger partial charge is 0.322 e. The number of piperidine rings is 1. The number of urea groups is 1. The van der Waals surface area contributed by atoms with Crippen LogP contribution in [0.25, 0.3) is 0 Å². The van der Waals surface area contributed by atoms with Gasteiger partial charge in [0.15, 0.2) is 0 Å². The Balaban J connectivity index is 2.07. The molecule has 1 N–H and O–H groups in total. The van der Waals surface area contributed by atoms with E-state index in [1.165, 1.54) is 18.6 Å². The molecule has 0 bridgehead atoms. The standard InChI is InChI=1S/C15H21FN2O/c1-3-13-6-4-5-9-18(13)15(19)17-14-8-7-12(16)10-11(14)2/h7-8,10,13H,3-6,9H2,1-2H3,(H,17,19)/t13-/m0/s1. The molecule has 1 aliphatic rings. The van der Waals surface area contributed by atoms with E-state index in [9.17, 15) is 9.18 Å². The van der Waals surface area contributed by atoms with E-state index >= 15 is 0 Å². The van der Waals surface area contributed by atoms with Crippen LogP contribution in [0.3, 0.4) is 0 Å². The number of aryl methyl sites for hydroxylation is 1. The van der Waals surface area contributed by atoms with Crippen molar-refractivity contribution >= 4 is 11.7 Å². The number of hydrogen-bond acceptors (Lipinski definition) is 1. The van der Waals surface area contributed by atoms with E-state index in [-0.39, 0.29) is 11.8 Å². The van der Waals surface area contributed by atoms with Crippen LogP contribution in [0.2, 0.25) is 0 Å². The van der Waals surface area contributed by atoms with E-state index in [0.29, 0.717) is 11.7 Å². The van der Waals surface area contributed by atoms with E-state index in [0.717, 1.165) is 31.4 Å². The number of carbonyl (C=O) groups excluding carboxylic acids is 1. The molecule has 1 heterocycles. The van der Waals surface area contributed by atoms with Gasteiger partial charge in [-0.1, -0.05) is 6.92 Å². The van der Waals surface area contributed by atoms with Crippen molar-refractivity contribution in [2.24, 2.45) is 0 Å². The molecule has 1 aliphatic heterocycles. The van der Waals surface area contributed by atoms with E-state index in [1.807, 2.05) is 4.90 Å². The maximum Gasteiger partial charge on any atom is 0.322 e. The van der Waals surface area contributed by atoms with Crippen LogP contribution in [-0.2, 0) is 0 Å². The molecule has 0 aliphatic carbocycles. The van der Waals surface area contributed by atoms with Gasteiger partial charge < -0.3 is 10.2 Å². The predicted octanol–water partition coefficient (Wildman–Crippen LogP) is 3.93. The average Bonchev–Trinajstić information content (AvgIpc) is 2.41. The molecule has 0 spiro atoms. The largest absolute Gasteiger partial charge is 0.322 e. The van der Waals surface area contributed by atoms with Crippen molar-refractivity contribution in [2.45, 2.75) is 45.6 Å². The third-order valence-electron chi connectivity index (χ3n) is 3.79. The fourth-order valence-corrected chi connectivity index (χ4v) is 2.65. The molecule has 0 aromatic heterocycles. The molecule has 0 saturated carbocycles. The van der Waals surface area contributed by atoms with Crippen LogP contribution in [0.15, 0.2) is 18.2 Å². The first kappa shape index (κ1) is 13.8. The van der Waals surface area contributed by atoms with Gasteiger partial charge in [-0.05, 0) is 56.4 Å². The van der Waals surface area contributed by atoms with Crippen molar-refractivity contribution in [3.05, 3.63) is 29.6 Å². The second-order valence-corrected chi connectivity index (χ2v) is 5.14. The van der Waals surface area contributed by atoms with Crippen LogP contribution in [0.4, 0.5) is 14.9 Å². The zero-order valence-electron chi connectivity index (χ0n) is 11.6. The van der Waals surface area contributed by atoms with Crippen LogP contribution < -0.4 is 5.32 Å². The lowest BCUT2D eigenvalue weighted by atomic mass is 10.0. The first-order chi connectivity index (χ1) is 9.11. The summed E-state index contributed by atoms with van der Waals surface area (Å²) in [6.07, 6.45) is 4.31. The highest BCUT2D eigenvalue weighted by Gasteiger charge is 2.25. The molecule has 1 atom stereocenters. The molecule has 104 valence electrons. The first-order valence-corrected chi connectivity index (χ1v) is 6.95. The van der Waals surface area contributed by atoms with Crippen molar-refractivity contribution in [1.29, 1.82) is 0 Å². The van der Waals surface area contributed by atoms with Gasteiger partial charge in [0.2, 0.25) is 0 Å². The molecule has 4 heteroatoms. The maximum absolute atomic E-state index is 13.0. The van der Waals surface area contributed by atoms with Gasteiger partial charge in [0.25, 0.3) is 0 Å². The lowest BCUT2D eigenvalue weighted by Crippen LogP contribution is -2.45. The van der Waals surface area contributed by atoms with Crippen molar-refractivity contribution in [3.8, 4) is 0 Å². The number of benzene rings is 1. The minimum Gasteiger partial charge on any atom is -0.322 e. The van der Waals surface area contributed by atoms with Gasteiger partial charge in [0.1, 0.15) is 5.82 Å². The zero-order valence-corrected chi connectivity index (χ0v) is 11.6. The number of halogens is 1. The molecule has 2 amide bonds. The maximum atomic E-state index is 13.0. The highest BCUT2D eigenvalue weighted by atomic mass is 19.1. The molecule has 1 saturated heterocycles. The molecule has 3 nitrogen and oxygen atoms in total. The summed E-state index contributed by atoms with van der Waals surface area (Å²) in [5, 5.41) is 2.89. The van der Waals surface area contributed by atoms with Crippen molar-refractivity contribution < 1.29 is 9.18 Å². The van der Waals surface area contributed by atoms with Gasteiger partial charge in [-0.15, -0.1) is 0 Å². The monoisotopic (exact) mass is 264 g/mol. The van der Waals surface area contributed by atoms with E-state index in [1.54, 1.807) is 13.0 Å². The van der Waals surface area contributed by atoms with Crippen LogP contribution in [0.1, 0.15) is 38.2 Å². The van der Waals surface area contributed by atoms with Crippen molar-refractivity contribution in [3.63, 3.8) is 0 Å². The number of hydrogen-bond donors (Lipinski definition) is 1. The summed E-state index contributed by atoms with van der Waals surface area (Å²) >= 11 is 0. The number of carbonyl (C=O) groups is 1. The minimum atomic E-state index is -0.278.